The minimum atomic E-state index is -0.394. The molecule has 0 saturated carbocycles. The minimum Gasteiger partial charge on any atom is -0.491 e. The minimum absolute atomic E-state index is 0.0369. The summed E-state index contributed by atoms with van der Waals surface area (Å²) in [6.07, 6.45) is 1.66. The van der Waals surface area contributed by atoms with E-state index in [-0.39, 0.29) is 37.4 Å². The van der Waals surface area contributed by atoms with Gasteiger partial charge in [0.2, 0.25) is 0 Å². The van der Waals surface area contributed by atoms with E-state index in [0.29, 0.717) is 22.6 Å². The molecule has 7 heteroatoms. The molecule has 0 fully saturated rings. The number of likely N-dealkylation sites (N-methyl/N-ethyl adjacent to an activating group) is 1. The first-order chi connectivity index (χ1) is 13.9. The van der Waals surface area contributed by atoms with E-state index < -0.39 is 5.91 Å². The average molecular weight is 395 g/mol. The molecule has 1 aromatic carbocycles. The predicted molar refractivity (Wildman–Crippen MR) is 109 cm³/mol. The first kappa shape index (κ1) is 20.5. The molecular formula is C22H25N3O4. The molecule has 0 bridgehead atoms. The van der Waals surface area contributed by atoms with E-state index in [0.717, 1.165) is 0 Å². The van der Waals surface area contributed by atoms with Gasteiger partial charge in [-0.25, -0.2) is 0 Å². The fourth-order valence-corrected chi connectivity index (χ4v) is 3.21. The summed E-state index contributed by atoms with van der Waals surface area (Å²) in [6.45, 7) is 4.08. The summed E-state index contributed by atoms with van der Waals surface area (Å²) in [4.78, 5) is 33.3. The molecule has 2 aromatic rings. The van der Waals surface area contributed by atoms with Crippen molar-refractivity contribution >= 4 is 17.4 Å². The number of nitrogens with zero attached hydrogens (tertiary/aromatic N) is 3. The van der Waals surface area contributed by atoms with Crippen LogP contribution in [0.25, 0.3) is 5.57 Å². The molecule has 0 radical (unpaired) electrons. The molecular weight excluding hydrogens is 370 g/mol. The third-order valence-corrected chi connectivity index (χ3v) is 4.52. The Kier molecular flexibility index (Phi) is 6.29. The molecule has 0 saturated heterocycles. The van der Waals surface area contributed by atoms with E-state index >= 15 is 0 Å². The van der Waals surface area contributed by atoms with Crippen LogP contribution in [0.3, 0.4) is 0 Å². The lowest BCUT2D eigenvalue weighted by Gasteiger charge is -2.20. The third kappa shape index (κ3) is 4.46. The predicted octanol–water partition coefficient (Wildman–Crippen LogP) is 2.07. The fourth-order valence-electron chi connectivity index (χ4n) is 3.21. The number of hydrogen-bond acceptors (Lipinski definition) is 6. The molecule has 0 spiro atoms. The molecule has 1 aromatic heterocycles. The van der Waals surface area contributed by atoms with Crippen molar-refractivity contribution in [2.24, 2.45) is 0 Å². The number of imide groups is 1. The topological polar surface area (TPSA) is 83.0 Å². The van der Waals surface area contributed by atoms with Crippen molar-refractivity contribution in [3.05, 3.63) is 65.6 Å². The van der Waals surface area contributed by atoms with Gasteiger partial charge in [0.1, 0.15) is 11.4 Å². The van der Waals surface area contributed by atoms with Crippen molar-refractivity contribution in [3.63, 3.8) is 0 Å². The molecule has 1 aliphatic heterocycles. The van der Waals surface area contributed by atoms with Crippen molar-refractivity contribution in [3.8, 4) is 5.75 Å². The van der Waals surface area contributed by atoms with Gasteiger partial charge < -0.3 is 14.7 Å². The summed E-state index contributed by atoms with van der Waals surface area (Å²) in [5.74, 6) is -0.0798. The van der Waals surface area contributed by atoms with Gasteiger partial charge in [-0.05, 0) is 43.7 Å². The number of benzene rings is 1. The highest BCUT2D eigenvalue weighted by Gasteiger charge is 2.40. The van der Waals surface area contributed by atoms with Crippen molar-refractivity contribution < 1.29 is 19.4 Å². The van der Waals surface area contributed by atoms with Crippen molar-refractivity contribution in [2.75, 3.05) is 20.2 Å². The highest BCUT2D eigenvalue weighted by molar-refractivity contribution is 6.35. The van der Waals surface area contributed by atoms with Gasteiger partial charge in [0.15, 0.2) is 0 Å². The summed E-state index contributed by atoms with van der Waals surface area (Å²) in [7, 11) is 1.69. The monoisotopic (exact) mass is 395 g/mol. The molecule has 1 aliphatic rings. The molecule has 2 amide bonds. The zero-order valence-corrected chi connectivity index (χ0v) is 16.8. The van der Waals surface area contributed by atoms with Crippen LogP contribution in [0.15, 0.2) is 54.4 Å². The summed E-state index contributed by atoms with van der Waals surface area (Å²) >= 11 is 0. The molecule has 29 heavy (non-hydrogen) atoms. The number of ether oxygens (including phenoxy) is 1. The first-order valence-corrected chi connectivity index (χ1v) is 9.51. The van der Waals surface area contributed by atoms with E-state index in [1.165, 1.54) is 4.90 Å². The number of carbonyl (C=O) groups is 2. The van der Waals surface area contributed by atoms with Gasteiger partial charge in [-0.2, -0.15) is 0 Å². The summed E-state index contributed by atoms with van der Waals surface area (Å²) in [5, 5.41) is 9.33. The van der Waals surface area contributed by atoms with Crippen LogP contribution in [0.2, 0.25) is 0 Å². The lowest BCUT2D eigenvalue weighted by Crippen LogP contribution is -2.34. The van der Waals surface area contributed by atoms with Crippen LogP contribution in [0.5, 0.6) is 5.75 Å². The molecule has 0 aliphatic carbocycles. The number of rotatable bonds is 8. The van der Waals surface area contributed by atoms with E-state index in [1.807, 2.05) is 19.9 Å². The van der Waals surface area contributed by atoms with Gasteiger partial charge in [0.25, 0.3) is 11.8 Å². The van der Waals surface area contributed by atoms with Crippen LogP contribution < -0.4 is 4.74 Å². The molecule has 0 atom stereocenters. The van der Waals surface area contributed by atoms with Gasteiger partial charge in [0.05, 0.1) is 30.5 Å². The van der Waals surface area contributed by atoms with Gasteiger partial charge in [-0.1, -0.05) is 18.2 Å². The molecule has 0 unspecified atom stereocenters. The number of aliphatic hydroxyl groups is 1. The van der Waals surface area contributed by atoms with Crippen LogP contribution in [0, 0.1) is 0 Å². The van der Waals surface area contributed by atoms with Crippen molar-refractivity contribution in [1.82, 2.24) is 14.8 Å². The molecule has 2 heterocycles. The normalized spacial score (nSPS) is 14.2. The smallest absolute Gasteiger partial charge is 0.278 e. The summed E-state index contributed by atoms with van der Waals surface area (Å²) in [5.41, 5.74) is 1.85. The zero-order chi connectivity index (χ0) is 21.0. The van der Waals surface area contributed by atoms with E-state index in [2.05, 4.69) is 4.98 Å². The van der Waals surface area contributed by atoms with Crippen LogP contribution in [0.1, 0.15) is 25.1 Å². The summed E-state index contributed by atoms with van der Waals surface area (Å²) in [6, 6.07) is 12.5. The Morgan fingerprint density at radius 1 is 1.10 bits per heavy atom. The number of hydrogen-bond donors (Lipinski definition) is 1. The van der Waals surface area contributed by atoms with E-state index in [4.69, 9.17) is 4.74 Å². The maximum atomic E-state index is 13.2. The fraction of sp³-hybridized carbons (Fsp3) is 0.318. The molecule has 3 rings (SSSR count). The van der Waals surface area contributed by atoms with Crippen LogP contribution in [0.4, 0.5) is 0 Å². The maximum Gasteiger partial charge on any atom is 0.278 e. The Labute approximate surface area is 170 Å². The Morgan fingerprint density at radius 2 is 1.83 bits per heavy atom. The van der Waals surface area contributed by atoms with E-state index in [1.54, 1.807) is 54.5 Å². The maximum absolute atomic E-state index is 13.2. The number of aromatic nitrogens is 1. The number of aliphatic hydroxyl groups excluding tert-OH is 1. The third-order valence-electron chi connectivity index (χ3n) is 4.52. The van der Waals surface area contributed by atoms with E-state index in [9.17, 15) is 14.7 Å². The Balaban J connectivity index is 1.97. The largest absolute Gasteiger partial charge is 0.491 e. The van der Waals surface area contributed by atoms with Crippen molar-refractivity contribution in [2.45, 2.75) is 26.5 Å². The Hall–Kier alpha value is -3.19. The van der Waals surface area contributed by atoms with Crippen LogP contribution in [-0.2, 0) is 16.1 Å². The van der Waals surface area contributed by atoms with Crippen molar-refractivity contribution in [1.29, 1.82) is 0 Å². The quantitative estimate of drug-likeness (QED) is 0.689. The standard InChI is InChI=1S/C22H25N3O4/c1-15(2)29-18-9-7-16(8-10-18)19-20(24(3)12-13-26)22(28)25(21(19)27)14-17-6-4-5-11-23-17/h4-11,15,26H,12-14H2,1-3H3. The molecule has 7 nitrogen and oxygen atoms in total. The lowest BCUT2D eigenvalue weighted by atomic mass is 10.0. The second-order valence-electron chi connectivity index (χ2n) is 7.08. The number of carbonyl (C=O) groups excluding carboxylic acids is 2. The van der Waals surface area contributed by atoms with Gasteiger partial charge in [-0.15, -0.1) is 0 Å². The Bertz CT molecular complexity index is 907. The highest BCUT2D eigenvalue weighted by atomic mass is 16.5. The number of pyridine rings is 1. The first-order valence-electron chi connectivity index (χ1n) is 9.51. The van der Waals surface area contributed by atoms with Crippen LogP contribution in [-0.4, -0.2) is 58.0 Å². The van der Waals surface area contributed by atoms with Gasteiger partial charge in [-0.3, -0.25) is 19.5 Å². The Morgan fingerprint density at radius 3 is 2.41 bits per heavy atom. The van der Waals surface area contributed by atoms with Gasteiger partial charge >= 0.3 is 0 Å². The number of amides is 2. The zero-order valence-electron chi connectivity index (χ0n) is 16.8. The molecule has 152 valence electrons. The average Bonchev–Trinajstić information content (AvgIpc) is 2.94. The second-order valence-corrected chi connectivity index (χ2v) is 7.08. The SMILES string of the molecule is CC(C)Oc1ccc(C2=C(N(C)CCO)C(=O)N(Cc3ccccn3)C2=O)cc1. The van der Waals surface area contributed by atoms with Gasteiger partial charge in [0, 0.05) is 19.8 Å². The summed E-state index contributed by atoms with van der Waals surface area (Å²) < 4.78 is 5.66. The highest BCUT2D eigenvalue weighted by Crippen LogP contribution is 2.32. The molecule has 1 N–H and O–H groups in total. The second kappa shape index (κ2) is 8.87. The van der Waals surface area contributed by atoms with Crippen LogP contribution >= 0.6 is 0 Å². The lowest BCUT2D eigenvalue weighted by molar-refractivity contribution is -0.138.